The van der Waals surface area contributed by atoms with Crippen molar-refractivity contribution in [2.45, 2.75) is 19.4 Å². The van der Waals surface area contributed by atoms with Gasteiger partial charge in [0.15, 0.2) is 11.6 Å². The third-order valence-corrected chi connectivity index (χ3v) is 1.84. The van der Waals surface area contributed by atoms with Crippen LogP contribution in [0.2, 0.25) is 0 Å². The van der Waals surface area contributed by atoms with Gasteiger partial charge in [-0.3, -0.25) is 0 Å². The van der Waals surface area contributed by atoms with Crippen molar-refractivity contribution in [3.05, 3.63) is 17.8 Å². The molecule has 2 heterocycles. The molecule has 0 saturated heterocycles. The lowest BCUT2D eigenvalue weighted by atomic mass is 10.1. The predicted molar refractivity (Wildman–Crippen MR) is 42.4 cm³/mol. The van der Waals surface area contributed by atoms with E-state index in [0.29, 0.717) is 5.82 Å². The lowest BCUT2D eigenvalue weighted by Crippen LogP contribution is -2.06. The largest absolute Gasteiger partial charge is 0.486 e. The molecule has 0 aliphatic carbocycles. The van der Waals surface area contributed by atoms with E-state index in [0.717, 1.165) is 12.2 Å². The van der Waals surface area contributed by atoms with Gasteiger partial charge in [0.2, 0.25) is 0 Å². The summed E-state index contributed by atoms with van der Waals surface area (Å²) >= 11 is 0. The molecule has 3 heteroatoms. The maximum Gasteiger partial charge on any atom is 0.166 e. The molecule has 0 bridgehead atoms. The van der Waals surface area contributed by atoms with E-state index >= 15 is 0 Å². The van der Waals surface area contributed by atoms with Gasteiger partial charge < -0.3 is 10.5 Å². The maximum atomic E-state index is 5.60. The van der Waals surface area contributed by atoms with E-state index in [4.69, 9.17) is 10.5 Å². The van der Waals surface area contributed by atoms with Crippen molar-refractivity contribution >= 4 is 5.82 Å². The monoisotopic (exact) mass is 150 g/mol. The first-order valence-electron chi connectivity index (χ1n) is 3.67. The zero-order chi connectivity index (χ0) is 7.84. The third kappa shape index (κ3) is 0.926. The van der Waals surface area contributed by atoms with Crippen LogP contribution in [-0.2, 0) is 6.42 Å². The molecule has 1 unspecified atom stereocenters. The molecular formula is C8H10N2O. The second-order valence-corrected chi connectivity index (χ2v) is 2.82. The number of nitrogens with two attached hydrogens (primary N) is 1. The van der Waals surface area contributed by atoms with Crippen LogP contribution >= 0.6 is 0 Å². The van der Waals surface area contributed by atoms with E-state index in [2.05, 4.69) is 4.98 Å². The Labute approximate surface area is 65.2 Å². The Bertz CT molecular complexity index is 285. The fourth-order valence-electron chi connectivity index (χ4n) is 1.36. The number of rotatable bonds is 0. The quantitative estimate of drug-likeness (QED) is 0.600. The van der Waals surface area contributed by atoms with Crippen molar-refractivity contribution in [1.29, 1.82) is 0 Å². The molecule has 1 aromatic rings. The standard InChI is InChI=1S/C8H10N2O/c1-5-4-6-2-3-10-8(9)7(6)11-5/h2-3,5H,4H2,1H3,(H2,9,10). The first-order valence-corrected chi connectivity index (χ1v) is 3.67. The van der Waals surface area contributed by atoms with Gasteiger partial charge in [0.05, 0.1) is 0 Å². The molecule has 0 fully saturated rings. The molecule has 0 spiro atoms. The number of ether oxygens (including phenoxy) is 1. The highest BCUT2D eigenvalue weighted by Crippen LogP contribution is 2.32. The minimum Gasteiger partial charge on any atom is -0.486 e. The fourth-order valence-corrected chi connectivity index (χ4v) is 1.36. The van der Waals surface area contributed by atoms with E-state index in [1.807, 2.05) is 13.0 Å². The summed E-state index contributed by atoms with van der Waals surface area (Å²) in [7, 11) is 0. The summed E-state index contributed by atoms with van der Waals surface area (Å²) in [4.78, 5) is 3.94. The molecule has 1 aromatic heterocycles. The molecule has 0 saturated carbocycles. The van der Waals surface area contributed by atoms with Crippen LogP contribution in [0.25, 0.3) is 0 Å². The highest BCUT2D eigenvalue weighted by molar-refractivity contribution is 5.53. The Morgan fingerprint density at radius 1 is 1.73 bits per heavy atom. The van der Waals surface area contributed by atoms with Crippen LogP contribution in [0.4, 0.5) is 5.82 Å². The number of pyridine rings is 1. The molecule has 2 rings (SSSR count). The van der Waals surface area contributed by atoms with Gasteiger partial charge in [-0.15, -0.1) is 0 Å². The maximum absolute atomic E-state index is 5.60. The average molecular weight is 150 g/mol. The summed E-state index contributed by atoms with van der Waals surface area (Å²) in [5, 5.41) is 0. The molecule has 3 nitrogen and oxygen atoms in total. The van der Waals surface area contributed by atoms with Crippen LogP contribution in [-0.4, -0.2) is 11.1 Å². The van der Waals surface area contributed by atoms with Gasteiger partial charge in [-0.2, -0.15) is 0 Å². The number of fused-ring (bicyclic) bond motifs is 1. The summed E-state index contributed by atoms with van der Waals surface area (Å²) in [6.45, 7) is 2.03. The molecule has 11 heavy (non-hydrogen) atoms. The summed E-state index contributed by atoms with van der Waals surface area (Å²) in [5.74, 6) is 1.28. The molecule has 1 aliphatic heterocycles. The summed E-state index contributed by atoms with van der Waals surface area (Å²) in [5.41, 5.74) is 6.77. The summed E-state index contributed by atoms with van der Waals surface area (Å²) < 4.78 is 5.45. The third-order valence-electron chi connectivity index (χ3n) is 1.84. The second-order valence-electron chi connectivity index (χ2n) is 2.82. The van der Waals surface area contributed by atoms with Crippen LogP contribution in [0, 0.1) is 0 Å². The van der Waals surface area contributed by atoms with E-state index in [-0.39, 0.29) is 6.10 Å². The predicted octanol–water partition coefficient (Wildman–Crippen LogP) is 0.987. The summed E-state index contributed by atoms with van der Waals surface area (Å²) in [6, 6.07) is 1.95. The zero-order valence-electron chi connectivity index (χ0n) is 6.37. The van der Waals surface area contributed by atoms with Crippen LogP contribution in [0.15, 0.2) is 12.3 Å². The first kappa shape index (κ1) is 6.46. The van der Waals surface area contributed by atoms with Crippen LogP contribution < -0.4 is 10.5 Å². The minimum absolute atomic E-state index is 0.247. The van der Waals surface area contributed by atoms with Gasteiger partial charge in [0.25, 0.3) is 0 Å². The van der Waals surface area contributed by atoms with Crippen molar-refractivity contribution in [3.8, 4) is 5.75 Å². The molecule has 58 valence electrons. The van der Waals surface area contributed by atoms with Gasteiger partial charge in [0, 0.05) is 18.2 Å². The van der Waals surface area contributed by atoms with Crippen LogP contribution in [0.5, 0.6) is 5.75 Å². The first-order chi connectivity index (χ1) is 5.27. The van der Waals surface area contributed by atoms with Gasteiger partial charge in [-0.25, -0.2) is 4.98 Å². The SMILES string of the molecule is CC1Cc2ccnc(N)c2O1. The van der Waals surface area contributed by atoms with E-state index in [9.17, 15) is 0 Å². The van der Waals surface area contributed by atoms with Gasteiger partial charge in [0.1, 0.15) is 6.10 Å². The number of hydrogen-bond acceptors (Lipinski definition) is 3. The minimum atomic E-state index is 0.247. The van der Waals surface area contributed by atoms with Crippen molar-refractivity contribution in [2.24, 2.45) is 0 Å². The fraction of sp³-hybridized carbons (Fsp3) is 0.375. The lowest BCUT2D eigenvalue weighted by Gasteiger charge is -2.03. The number of nitrogen functional groups attached to an aromatic ring is 1. The molecule has 1 atom stereocenters. The molecule has 0 aromatic carbocycles. The Morgan fingerprint density at radius 2 is 2.55 bits per heavy atom. The normalized spacial score (nSPS) is 21.0. The zero-order valence-corrected chi connectivity index (χ0v) is 6.37. The molecule has 2 N–H and O–H groups in total. The Morgan fingerprint density at radius 3 is 3.27 bits per heavy atom. The smallest absolute Gasteiger partial charge is 0.166 e. The van der Waals surface area contributed by atoms with E-state index in [1.54, 1.807) is 6.20 Å². The van der Waals surface area contributed by atoms with E-state index in [1.165, 1.54) is 5.56 Å². The lowest BCUT2D eigenvalue weighted by molar-refractivity contribution is 0.255. The molecule has 1 aliphatic rings. The topological polar surface area (TPSA) is 48.1 Å². The van der Waals surface area contributed by atoms with Crippen molar-refractivity contribution in [1.82, 2.24) is 4.98 Å². The van der Waals surface area contributed by atoms with Gasteiger partial charge >= 0.3 is 0 Å². The second kappa shape index (κ2) is 2.12. The Hall–Kier alpha value is -1.25. The van der Waals surface area contributed by atoms with Gasteiger partial charge in [-0.05, 0) is 13.0 Å². The molecule has 0 amide bonds. The Balaban J connectivity index is 2.49. The molecule has 0 radical (unpaired) electrons. The average Bonchev–Trinajstić information content (AvgIpc) is 2.31. The number of aromatic nitrogens is 1. The highest BCUT2D eigenvalue weighted by Gasteiger charge is 2.20. The van der Waals surface area contributed by atoms with Crippen LogP contribution in [0.3, 0.4) is 0 Å². The summed E-state index contributed by atoms with van der Waals surface area (Å²) in [6.07, 6.45) is 2.91. The van der Waals surface area contributed by atoms with Crippen LogP contribution in [0.1, 0.15) is 12.5 Å². The number of hydrogen-bond donors (Lipinski definition) is 1. The number of nitrogens with zero attached hydrogens (tertiary/aromatic N) is 1. The highest BCUT2D eigenvalue weighted by atomic mass is 16.5. The van der Waals surface area contributed by atoms with Crippen molar-refractivity contribution in [3.63, 3.8) is 0 Å². The molecular weight excluding hydrogens is 140 g/mol. The van der Waals surface area contributed by atoms with Crippen molar-refractivity contribution in [2.75, 3.05) is 5.73 Å². The number of anilines is 1. The Kier molecular flexibility index (Phi) is 1.24. The van der Waals surface area contributed by atoms with Gasteiger partial charge in [-0.1, -0.05) is 0 Å². The van der Waals surface area contributed by atoms with Crippen molar-refractivity contribution < 1.29 is 4.74 Å². The van der Waals surface area contributed by atoms with E-state index < -0.39 is 0 Å².